The molecule has 0 aliphatic heterocycles. The molecule has 4 heteroatoms. The van der Waals surface area contributed by atoms with Gasteiger partial charge in [0, 0.05) is 17.7 Å². The van der Waals surface area contributed by atoms with Gasteiger partial charge in [0.15, 0.2) is 0 Å². The molecule has 0 bridgehead atoms. The number of rotatable bonds is 0. The third-order valence-electron chi connectivity index (χ3n) is 1.84. The Balaban J connectivity index is 2.60. The van der Waals surface area contributed by atoms with Crippen molar-refractivity contribution in [3.05, 3.63) is 33.8 Å². The summed E-state index contributed by atoms with van der Waals surface area (Å²) >= 11 is 5.86. The number of aromatic amines is 1. The average Bonchev–Trinajstić information content (AvgIpc) is 2.04. The molecular formula is C8H7ClN2O. The maximum atomic E-state index is 11.2. The highest BCUT2D eigenvalue weighted by Crippen LogP contribution is 2.16. The Kier molecular flexibility index (Phi) is 1.73. The second-order valence-corrected chi connectivity index (χ2v) is 3.27. The maximum absolute atomic E-state index is 11.2. The molecule has 2 rings (SSSR count). The molecule has 1 aliphatic carbocycles. The van der Waals surface area contributed by atoms with Gasteiger partial charge >= 0.3 is 0 Å². The predicted octanol–water partition coefficient (Wildman–Crippen LogP) is 0.947. The van der Waals surface area contributed by atoms with Crippen molar-refractivity contribution in [2.75, 3.05) is 0 Å². The van der Waals surface area contributed by atoms with Crippen molar-refractivity contribution < 1.29 is 0 Å². The summed E-state index contributed by atoms with van der Waals surface area (Å²) in [5, 5.41) is 6.45. The fourth-order valence-corrected chi connectivity index (χ4v) is 1.48. The molecule has 1 heterocycles. The lowest BCUT2D eigenvalue weighted by Gasteiger charge is -2.11. The Labute approximate surface area is 74.1 Å². The van der Waals surface area contributed by atoms with E-state index in [0.29, 0.717) is 12.0 Å². The highest BCUT2D eigenvalue weighted by molar-refractivity contribution is 6.22. The van der Waals surface area contributed by atoms with Crippen LogP contribution in [0.25, 0.3) is 6.08 Å². The van der Waals surface area contributed by atoms with Crippen LogP contribution in [-0.2, 0) is 6.42 Å². The van der Waals surface area contributed by atoms with Gasteiger partial charge < -0.3 is 0 Å². The van der Waals surface area contributed by atoms with Crippen LogP contribution in [0.1, 0.15) is 11.3 Å². The normalized spacial score (nSPS) is 20.6. The van der Waals surface area contributed by atoms with E-state index in [-0.39, 0.29) is 10.8 Å². The third kappa shape index (κ3) is 1.16. The van der Waals surface area contributed by atoms with Crippen molar-refractivity contribution in [1.29, 1.82) is 0 Å². The molecular weight excluding hydrogens is 176 g/mol. The summed E-state index contributed by atoms with van der Waals surface area (Å²) in [4.78, 5) is 11.2. The molecule has 1 aliphatic rings. The number of H-pyrrole nitrogens is 1. The molecule has 0 aromatic carbocycles. The van der Waals surface area contributed by atoms with Gasteiger partial charge in [0.05, 0.1) is 11.6 Å². The zero-order valence-electron chi connectivity index (χ0n) is 6.25. The maximum Gasteiger partial charge on any atom is 0.207 e. The van der Waals surface area contributed by atoms with Crippen LogP contribution in [0.4, 0.5) is 0 Å². The zero-order valence-corrected chi connectivity index (χ0v) is 7.01. The van der Waals surface area contributed by atoms with Gasteiger partial charge in [-0.1, -0.05) is 12.2 Å². The van der Waals surface area contributed by atoms with Gasteiger partial charge in [-0.15, -0.1) is 11.6 Å². The van der Waals surface area contributed by atoms with E-state index in [9.17, 15) is 4.79 Å². The Morgan fingerprint density at radius 3 is 3.33 bits per heavy atom. The highest BCUT2D eigenvalue weighted by Gasteiger charge is 2.13. The van der Waals surface area contributed by atoms with Gasteiger partial charge in [-0.05, 0) is 0 Å². The van der Waals surface area contributed by atoms with E-state index in [0.717, 1.165) is 5.69 Å². The largest absolute Gasteiger partial charge is 0.287 e. The molecule has 0 amide bonds. The number of nitrogens with one attached hydrogen (secondary N) is 1. The molecule has 0 fully saturated rings. The first-order valence-electron chi connectivity index (χ1n) is 3.66. The van der Waals surface area contributed by atoms with Crippen LogP contribution < -0.4 is 5.43 Å². The summed E-state index contributed by atoms with van der Waals surface area (Å²) in [6.45, 7) is 0. The van der Waals surface area contributed by atoms with Crippen molar-refractivity contribution in [2.45, 2.75) is 11.8 Å². The average molecular weight is 183 g/mol. The molecule has 62 valence electrons. The predicted molar refractivity (Wildman–Crippen MR) is 47.2 cm³/mol. The minimum Gasteiger partial charge on any atom is -0.287 e. The number of hydrogen-bond donors (Lipinski definition) is 1. The molecule has 1 atom stereocenters. The van der Waals surface area contributed by atoms with E-state index in [1.165, 1.54) is 6.20 Å². The van der Waals surface area contributed by atoms with Crippen molar-refractivity contribution in [3.63, 3.8) is 0 Å². The van der Waals surface area contributed by atoms with Gasteiger partial charge in [0.2, 0.25) is 5.43 Å². The van der Waals surface area contributed by atoms with Crippen LogP contribution in [0.3, 0.4) is 0 Å². The lowest BCUT2D eigenvalue weighted by Crippen LogP contribution is -2.17. The molecule has 0 spiro atoms. The molecule has 1 aromatic heterocycles. The number of nitrogens with zero attached hydrogens (tertiary/aromatic N) is 1. The van der Waals surface area contributed by atoms with Gasteiger partial charge in [-0.2, -0.15) is 5.10 Å². The monoisotopic (exact) mass is 182 g/mol. The van der Waals surface area contributed by atoms with Crippen LogP contribution in [0, 0.1) is 0 Å². The molecule has 1 aromatic rings. The van der Waals surface area contributed by atoms with Crippen molar-refractivity contribution >= 4 is 17.7 Å². The van der Waals surface area contributed by atoms with E-state index >= 15 is 0 Å². The van der Waals surface area contributed by atoms with Gasteiger partial charge in [-0.25, -0.2) is 0 Å². The second kappa shape index (κ2) is 2.75. The van der Waals surface area contributed by atoms with E-state index in [4.69, 9.17) is 11.6 Å². The standard InChI is InChI=1S/C8H7ClN2O/c9-5-1-2-6-7(3-5)11-10-4-8(6)12/h1-2,4-5H,3H2,(H,11,12). The van der Waals surface area contributed by atoms with Gasteiger partial charge in [0.1, 0.15) is 0 Å². The summed E-state index contributed by atoms with van der Waals surface area (Å²) in [6.07, 6.45) is 5.49. The third-order valence-corrected chi connectivity index (χ3v) is 2.14. The molecule has 1 unspecified atom stereocenters. The first-order chi connectivity index (χ1) is 5.77. The SMILES string of the molecule is O=c1cn[nH]c2c1C=CC(Cl)C2. The molecule has 0 radical (unpaired) electrons. The van der Waals surface area contributed by atoms with E-state index in [1.54, 1.807) is 6.08 Å². The van der Waals surface area contributed by atoms with E-state index < -0.39 is 0 Å². The lowest BCUT2D eigenvalue weighted by molar-refractivity contribution is 0.858. The summed E-state index contributed by atoms with van der Waals surface area (Å²) in [5.41, 5.74) is 1.45. The van der Waals surface area contributed by atoms with Gasteiger partial charge in [0.25, 0.3) is 0 Å². The molecule has 1 N–H and O–H groups in total. The van der Waals surface area contributed by atoms with Crippen LogP contribution in [0.15, 0.2) is 17.1 Å². The summed E-state index contributed by atoms with van der Waals surface area (Å²) < 4.78 is 0. The summed E-state index contributed by atoms with van der Waals surface area (Å²) in [5.74, 6) is 0. The van der Waals surface area contributed by atoms with Crippen LogP contribution in [-0.4, -0.2) is 15.6 Å². The smallest absolute Gasteiger partial charge is 0.207 e. The summed E-state index contributed by atoms with van der Waals surface area (Å²) in [6, 6.07) is 0. The van der Waals surface area contributed by atoms with E-state index in [2.05, 4.69) is 10.2 Å². The van der Waals surface area contributed by atoms with Crippen molar-refractivity contribution in [1.82, 2.24) is 10.2 Å². The number of alkyl halides is 1. The quantitative estimate of drug-likeness (QED) is 0.608. The molecule has 12 heavy (non-hydrogen) atoms. The van der Waals surface area contributed by atoms with Gasteiger partial charge in [-0.3, -0.25) is 9.89 Å². The van der Waals surface area contributed by atoms with Crippen molar-refractivity contribution in [3.8, 4) is 0 Å². The Bertz CT molecular complexity index is 383. The Morgan fingerprint density at radius 2 is 2.50 bits per heavy atom. The fourth-order valence-electron chi connectivity index (χ4n) is 1.25. The topological polar surface area (TPSA) is 45.8 Å². The Hall–Kier alpha value is -1.09. The first kappa shape index (κ1) is 7.55. The molecule has 3 nitrogen and oxygen atoms in total. The second-order valence-electron chi connectivity index (χ2n) is 2.71. The molecule has 0 saturated heterocycles. The highest BCUT2D eigenvalue weighted by atomic mass is 35.5. The summed E-state index contributed by atoms with van der Waals surface area (Å²) in [7, 11) is 0. The van der Waals surface area contributed by atoms with Crippen molar-refractivity contribution in [2.24, 2.45) is 0 Å². The van der Waals surface area contributed by atoms with Crippen LogP contribution in [0.5, 0.6) is 0 Å². The van der Waals surface area contributed by atoms with Crippen LogP contribution >= 0.6 is 11.6 Å². The Morgan fingerprint density at radius 1 is 1.67 bits per heavy atom. The number of halogens is 1. The lowest BCUT2D eigenvalue weighted by atomic mass is 10.0. The van der Waals surface area contributed by atoms with Crippen LogP contribution in [0.2, 0.25) is 0 Å². The molecule has 0 saturated carbocycles. The fraction of sp³-hybridized carbons (Fsp3) is 0.250. The van der Waals surface area contributed by atoms with E-state index in [1.807, 2.05) is 6.08 Å². The minimum atomic E-state index is -0.0523. The number of hydrogen-bond acceptors (Lipinski definition) is 2. The number of aromatic nitrogens is 2. The number of fused-ring (bicyclic) bond motifs is 1. The first-order valence-corrected chi connectivity index (χ1v) is 4.10. The number of allylic oxidation sites excluding steroid dienone is 1. The zero-order chi connectivity index (χ0) is 8.55. The minimum absolute atomic E-state index is 0.0302.